The molecule has 19 heavy (non-hydrogen) atoms. The molecule has 1 saturated carbocycles. The molecule has 1 aliphatic rings. The Bertz CT molecular complexity index is 654. The van der Waals surface area contributed by atoms with Gasteiger partial charge in [-0.25, -0.2) is 0 Å². The lowest BCUT2D eigenvalue weighted by Gasteiger charge is -2.08. The van der Waals surface area contributed by atoms with Crippen LogP contribution >= 0.6 is 15.9 Å². The number of hydrogen-bond acceptors (Lipinski definition) is 2. The molecule has 0 N–H and O–H groups in total. The summed E-state index contributed by atoms with van der Waals surface area (Å²) in [6.07, 6.45) is 4.55. The third-order valence-corrected chi connectivity index (χ3v) is 6.31. The first-order valence-corrected chi connectivity index (χ1v) is 8.68. The maximum atomic E-state index is 12.8. The van der Waals surface area contributed by atoms with Gasteiger partial charge in [-0.05, 0) is 44.4 Å². The molecule has 3 rings (SSSR count). The molecule has 1 unspecified atom stereocenters. The first-order chi connectivity index (χ1) is 9.08. The Morgan fingerprint density at radius 3 is 2.63 bits per heavy atom. The average molecular weight is 341 g/mol. The maximum absolute atomic E-state index is 12.8. The van der Waals surface area contributed by atoms with Gasteiger partial charge < -0.3 is 4.42 Å². The highest BCUT2D eigenvalue weighted by atomic mass is 79.9. The molecule has 2 aromatic rings. The molecule has 4 heteroatoms. The molecule has 0 spiro atoms. The van der Waals surface area contributed by atoms with Gasteiger partial charge in [0.25, 0.3) is 0 Å². The highest BCUT2D eigenvalue weighted by Crippen LogP contribution is 2.36. The minimum atomic E-state index is -0.945. The zero-order chi connectivity index (χ0) is 13.6. The quantitative estimate of drug-likeness (QED) is 0.781. The van der Waals surface area contributed by atoms with E-state index in [0.29, 0.717) is 5.25 Å². The van der Waals surface area contributed by atoms with Crippen LogP contribution in [0.4, 0.5) is 0 Å². The van der Waals surface area contributed by atoms with Crippen molar-refractivity contribution in [1.29, 1.82) is 0 Å². The second-order valence-corrected chi connectivity index (χ2v) is 7.88. The largest absolute Gasteiger partial charge is 0.460 e. The molecule has 0 amide bonds. The van der Waals surface area contributed by atoms with Crippen LogP contribution < -0.4 is 0 Å². The SMILES string of the molecule is Cc1oc2c(C)cc(Br)cc2c1S(=O)C1CCCC1. The topological polar surface area (TPSA) is 30.2 Å². The van der Waals surface area contributed by atoms with Crippen molar-refractivity contribution in [1.82, 2.24) is 0 Å². The number of benzene rings is 1. The Kier molecular flexibility index (Phi) is 3.56. The van der Waals surface area contributed by atoms with E-state index >= 15 is 0 Å². The summed E-state index contributed by atoms with van der Waals surface area (Å²) in [6.45, 7) is 3.95. The van der Waals surface area contributed by atoms with Crippen molar-refractivity contribution in [2.24, 2.45) is 0 Å². The third kappa shape index (κ3) is 2.29. The molecule has 0 bridgehead atoms. The Hall–Kier alpha value is -0.610. The molecule has 1 aromatic heterocycles. The molecule has 2 nitrogen and oxygen atoms in total. The number of furan rings is 1. The minimum Gasteiger partial charge on any atom is -0.460 e. The summed E-state index contributed by atoms with van der Waals surface area (Å²) in [7, 11) is -0.945. The van der Waals surface area contributed by atoms with Crippen molar-refractivity contribution >= 4 is 37.7 Å². The van der Waals surface area contributed by atoms with Crippen molar-refractivity contribution in [3.8, 4) is 0 Å². The monoisotopic (exact) mass is 340 g/mol. The van der Waals surface area contributed by atoms with Gasteiger partial charge in [-0.15, -0.1) is 0 Å². The van der Waals surface area contributed by atoms with Gasteiger partial charge in [-0.2, -0.15) is 0 Å². The van der Waals surface area contributed by atoms with Gasteiger partial charge in [0.15, 0.2) is 0 Å². The number of halogens is 1. The van der Waals surface area contributed by atoms with Gasteiger partial charge in [-0.3, -0.25) is 4.21 Å². The first kappa shape index (κ1) is 13.4. The van der Waals surface area contributed by atoms with E-state index in [1.54, 1.807) is 0 Å². The van der Waals surface area contributed by atoms with E-state index in [-0.39, 0.29) is 0 Å². The van der Waals surface area contributed by atoms with Crippen LogP contribution in [0, 0.1) is 13.8 Å². The van der Waals surface area contributed by atoms with Crippen LogP contribution in [-0.2, 0) is 10.8 Å². The van der Waals surface area contributed by atoms with Crippen LogP contribution in [0.15, 0.2) is 25.9 Å². The second-order valence-electron chi connectivity index (χ2n) is 5.29. The zero-order valence-electron chi connectivity index (χ0n) is 11.2. The molecular weight excluding hydrogens is 324 g/mol. The van der Waals surface area contributed by atoms with E-state index < -0.39 is 10.8 Å². The average Bonchev–Trinajstić information content (AvgIpc) is 2.95. The summed E-state index contributed by atoms with van der Waals surface area (Å²) in [4.78, 5) is 0.909. The molecule has 0 saturated heterocycles. The zero-order valence-corrected chi connectivity index (χ0v) is 13.6. The highest BCUT2D eigenvalue weighted by molar-refractivity contribution is 9.10. The van der Waals surface area contributed by atoms with Gasteiger partial charge in [-0.1, -0.05) is 28.8 Å². The number of hydrogen-bond donors (Lipinski definition) is 0. The summed E-state index contributed by atoms with van der Waals surface area (Å²) in [5.41, 5.74) is 1.96. The lowest BCUT2D eigenvalue weighted by Crippen LogP contribution is -2.10. The van der Waals surface area contributed by atoms with Gasteiger partial charge in [0.1, 0.15) is 11.3 Å². The van der Waals surface area contributed by atoms with Crippen LogP contribution in [0.3, 0.4) is 0 Å². The van der Waals surface area contributed by atoms with Crippen molar-refractivity contribution in [3.63, 3.8) is 0 Å². The lowest BCUT2D eigenvalue weighted by molar-refractivity contribution is 0.563. The van der Waals surface area contributed by atoms with Crippen LogP contribution in [0.5, 0.6) is 0 Å². The van der Waals surface area contributed by atoms with E-state index in [1.165, 1.54) is 12.8 Å². The summed E-state index contributed by atoms with van der Waals surface area (Å²) in [6, 6.07) is 4.06. The van der Waals surface area contributed by atoms with Gasteiger partial charge in [0, 0.05) is 15.1 Å². The maximum Gasteiger partial charge on any atom is 0.138 e. The van der Waals surface area contributed by atoms with Gasteiger partial charge >= 0.3 is 0 Å². The Balaban J connectivity index is 2.17. The van der Waals surface area contributed by atoms with Crippen molar-refractivity contribution in [2.45, 2.75) is 49.7 Å². The molecule has 1 heterocycles. The van der Waals surface area contributed by atoms with Crippen LogP contribution in [0.25, 0.3) is 11.0 Å². The van der Waals surface area contributed by atoms with Crippen LogP contribution in [-0.4, -0.2) is 9.46 Å². The van der Waals surface area contributed by atoms with Crippen molar-refractivity contribution in [2.75, 3.05) is 0 Å². The minimum absolute atomic E-state index is 0.304. The van der Waals surface area contributed by atoms with Crippen LogP contribution in [0.1, 0.15) is 37.0 Å². The molecule has 1 atom stereocenters. The van der Waals surface area contributed by atoms with Crippen molar-refractivity contribution < 1.29 is 8.63 Å². The summed E-state index contributed by atoms with van der Waals surface area (Å²) in [5.74, 6) is 0.807. The van der Waals surface area contributed by atoms with Gasteiger partial charge in [0.2, 0.25) is 0 Å². The third-order valence-electron chi connectivity index (χ3n) is 3.87. The molecule has 0 aliphatic heterocycles. The fourth-order valence-electron chi connectivity index (χ4n) is 2.94. The molecule has 1 fully saturated rings. The number of aryl methyl sites for hydroxylation is 2. The summed E-state index contributed by atoms with van der Waals surface area (Å²) < 4.78 is 19.7. The van der Waals surface area contributed by atoms with E-state index in [0.717, 1.165) is 44.5 Å². The normalized spacial score (nSPS) is 18.3. The van der Waals surface area contributed by atoms with E-state index in [2.05, 4.69) is 15.9 Å². The lowest BCUT2D eigenvalue weighted by atomic mass is 10.2. The molecule has 102 valence electrons. The van der Waals surface area contributed by atoms with Crippen LogP contribution in [0.2, 0.25) is 0 Å². The van der Waals surface area contributed by atoms with Gasteiger partial charge in [0.05, 0.1) is 15.7 Å². The first-order valence-electron chi connectivity index (χ1n) is 6.67. The molecule has 0 radical (unpaired) electrons. The highest BCUT2D eigenvalue weighted by Gasteiger charge is 2.27. The molecule has 1 aliphatic carbocycles. The number of fused-ring (bicyclic) bond motifs is 1. The molecular formula is C15H17BrO2S. The van der Waals surface area contributed by atoms with E-state index in [4.69, 9.17) is 4.42 Å². The van der Waals surface area contributed by atoms with E-state index in [1.807, 2.05) is 26.0 Å². The fraction of sp³-hybridized carbons (Fsp3) is 0.467. The summed E-state index contributed by atoms with van der Waals surface area (Å²) in [5, 5.41) is 1.31. The predicted molar refractivity (Wildman–Crippen MR) is 82.1 cm³/mol. The summed E-state index contributed by atoms with van der Waals surface area (Å²) >= 11 is 3.52. The standard InChI is InChI=1S/C15H17BrO2S/c1-9-7-11(16)8-13-14(9)18-10(2)15(13)19(17)12-5-3-4-6-12/h7-8,12H,3-6H2,1-2H3. The Morgan fingerprint density at radius 1 is 1.26 bits per heavy atom. The fourth-order valence-corrected chi connectivity index (χ4v) is 5.30. The second kappa shape index (κ2) is 5.06. The van der Waals surface area contributed by atoms with E-state index in [9.17, 15) is 4.21 Å². The molecule has 1 aromatic carbocycles. The Labute approximate surface area is 124 Å². The smallest absolute Gasteiger partial charge is 0.138 e. The number of rotatable bonds is 2. The predicted octanol–water partition coefficient (Wildman–Crippen LogP) is 4.86. The Morgan fingerprint density at radius 2 is 1.95 bits per heavy atom. The van der Waals surface area contributed by atoms with Crippen molar-refractivity contribution in [3.05, 3.63) is 27.9 Å².